The van der Waals surface area contributed by atoms with Gasteiger partial charge in [-0.1, -0.05) is 34.1 Å². The van der Waals surface area contributed by atoms with Crippen molar-refractivity contribution in [3.63, 3.8) is 0 Å². The number of carboxylic acids is 1. The van der Waals surface area contributed by atoms with Crippen LogP contribution in [0.25, 0.3) is 0 Å². The van der Waals surface area contributed by atoms with Gasteiger partial charge in [0.15, 0.2) is 0 Å². The average molecular weight is 504 g/mol. The van der Waals surface area contributed by atoms with Gasteiger partial charge in [-0.05, 0) is 62.5 Å². The van der Waals surface area contributed by atoms with E-state index in [4.69, 9.17) is 11.5 Å². The predicted molar refractivity (Wildman–Crippen MR) is 136 cm³/mol. The first kappa shape index (κ1) is 32.1. The Hall–Kier alpha value is -1.85. The monoisotopic (exact) mass is 503 g/mol. The Morgan fingerprint density at radius 3 is 2.03 bits per heavy atom. The summed E-state index contributed by atoms with van der Waals surface area (Å²) in [6.45, 7) is 8.11. The van der Waals surface area contributed by atoms with Crippen molar-refractivity contribution < 1.29 is 24.3 Å². The lowest BCUT2D eigenvalue weighted by Crippen LogP contribution is -2.58. The van der Waals surface area contributed by atoms with Gasteiger partial charge in [0.25, 0.3) is 0 Å². The number of thioether (sulfide) groups is 1. The fraction of sp³-hybridized carbons (Fsp3) is 0.826. The molecule has 0 fully saturated rings. The number of hydrogen-bond acceptors (Lipinski definition) is 7. The molecule has 0 rings (SSSR count). The number of carboxylic acid groups (broad SMARTS) is 1. The molecule has 3 amide bonds. The molecule has 198 valence electrons. The van der Waals surface area contributed by atoms with Crippen LogP contribution < -0.4 is 27.4 Å². The predicted octanol–water partition coefficient (Wildman–Crippen LogP) is 0.827. The van der Waals surface area contributed by atoms with Crippen LogP contribution in [0.2, 0.25) is 0 Å². The Kier molecular flexibility index (Phi) is 16.6. The molecule has 0 saturated heterocycles. The highest BCUT2D eigenvalue weighted by molar-refractivity contribution is 7.98. The number of amides is 3. The molecule has 0 aromatic heterocycles. The average Bonchev–Trinajstić information content (AvgIpc) is 2.77. The van der Waals surface area contributed by atoms with E-state index < -0.39 is 47.9 Å². The Bertz CT molecular complexity index is 649. The van der Waals surface area contributed by atoms with Gasteiger partial charge in [0.2, 0.25) is 17.7 Å². The Morgan fingerprint density at radius 2 is 1.53 bits per heavy atom. The van der Waals surface area contributed by atoms with Gasteiger partial charge in [0.05, 0.1) is 6.04 Å². The zero-order chi connectivity index (χ0) is 26.3. The van der Waals surface area contributed by atoms with Crippen LogP contribution in [-0.2, 0) is 19.2 Å². The molecule has 0 aliphatic rings. The van der Waals surface area contributed by atoms with E-state index in [1.165, 1.54) is 11.8 Å². The third-order valence-corrected chi connectivity index (χ3v) is 6.30. The smallest absolute Gasteiger partial charge is 0.326 e. The summed E-state index contributed by atoms with van der Waals surface area (Å²) in [6.07, 6.45) is 4.78. The Balaban J connectivity index is 5.45. The van der Waals surface area contributed by atoms with Crippen molar-refractivity contribution in [2.75, 3.05) is 18.6 Å². The minimum atomic E-state index is -1.14. The zero-order valence-electron chi connectivity index (χ0n) is 21.3. The van der Waals surface area contributed by atoms with Gasteiger partial charge < -0.3 is 32.5 Å². The quantitative estimate of drug-likeness (QED) is 0.149. The highest BCUT2D eigenvalue weighted by Crippen LogP contribution is 2.12. The molecule has 34 heavy (non-hydrogen) atoms. The molecule has 0 bridgehead atoms. The molecule has 11 heteroatoms. The molecule has 0 heterocycles. The fourth-order valence-corrected chi connectivity index (χ4v) is 3.84. The molecule has 0 aromatic carbocycles. The summed E-state index contributed by atoms with van der Waals surface area (Å²) in [6, 6.07) is -3.59. The first-order valence-corrected chi connectivity index (χ1v) is 13.5. The summed E-state index contributed by atoms with van der Waals surface area (Å²) in [5, 5.41) is 17.5. The second-order valence-corrected chi connectivity index (χ2v) is 10.1. The number of nitrogens with one attached hydrogen (secondary N) is 3. The van der Waals surface area contributed by atoms with E-state index in [1.807, 2.05) is 34.0 Å². The molecule has 0 aromatic rings. The van der Waals surface area contributed by atoms with E-state index >= 15 is 0 Å². The first-order valence-electron chi connectivity index (χ1n) is 12.1. The van der Waals surface area contributed by atoms with Crippen molar-refractivity contribution >= 4 is 35.5 Å². The van der Waals surface area contributed by atoms with Gasteiger partial charge in [0, 0.05) is 0 Å². The lowest BCUT2D eigenvalue weighted by atomic mass is 9.96. The van der Waals surface area contributed by atoms with Crippen LogP contribution in [-0.4, -0.2) is 71.5 Å². The molecule has 5 unspecified atom stereocenters. The van der Waals surface area contributed by atoms with Crippen LogP contribution in [0.4, 0.5) is 0 Å². The maximum absolute atomic E-state index is 13.1. The standard InChI is InChI=1S/C23H45N5O5S/c1-6-15(4)19(28-20(29)16(25)13-14(2)3)22(31)26-17(10-12-34-5)21(30)27-18(23(32)33)9-7-8-11-24/h14-19H,6-13,24-25H2,1-5H3,(H,26,31)(H,27,30)(H,28,29)(H,32,33). The van der Waals surface area contributed by atoms with E-state index in [0.717, 1.165) is 0 Å². The van der Waals surface area contributed by atoms with E-state index in [-0.39, 0.29) is 18.3 Å². The highest BCUT2D eigenvalue weighted by atomic mass is 32.2. The number of carbonyl (C=O) groups is 4. The third kappa shape index (κ3) is 12.6. The van der Waals surface area contributed by atoms with Gasteiger partial charge >= 0.3 is 5.97 Å². The van der Waals surface area contributed by atoms with Gasteiger partial charge in [-0.3, -0.25) is 14.4 Å². The maximum atomic E-state index is 13.1. The van der Waals surface area contributed by atoms with Crippen LogP contribution in [0.3, 0.4) is 0 Å². The Morgan fingerprint density at radius 1 is 0.912 bits per heavy atom. The summed E-state index contributed by atoms with van der Waals surface area (Å²) >= 11 is 1.51. The van der Waals surface area contributed by atoms with E-state index in [9.17, 15) is 24.3 Å². The highest BCUT2D eigenvalue weighted by Gasteiger charge is 2.32. The molecule has 0 radical (unpaired) electrons. The SMILES string of the molecule is CCC(C)C(NC(=O)C(N)CC(C)C)C(=O)NC(CCSC)C(=O)NC(CCCCN)C(=O)O. The zero-order valence-corrected chi connectivity index (χ0v) is 22.1. The van der Waals surface area contributed by atoms with Crippen molar-refractivity contribution in [2.24, 2.45) is 23.3 Å². The van der Waals surface area contributed by atoms with Crippen LogP contribution in [0.15, 0.2) is 0 Å². The first-order chi connectivity index (χ1) is 16.0. The van der Waals surface area contributed by atoms with Crippen LogP contribution in [0.5, 0.6) is 0 Å². The second-order valence-electron chi connectivity index (χ2n) is 9.13. The minimum absolute atomic E-state index is 0.192. The van der Waals surface area contributed by atoms with Gasteiger partial charge in [-0.25, -0.2) is 4.79 Å². The maximum Gasteiger partial charge on any atom is 0.326 e. The summed E-state index contributed by atoms with van der Waals surface area (Å²) in [7, 11) is 0. The lowest BCUT2D eigenvalue weighted by Gasteiger charge is -2.28. The summed E-state index contributed by atoms with van der Waals surface area (Å²) in [5.41, 5.74) is 11.5. The molecule has 0 spiro atoms. The second kappa shape index (κ2) is 17.6. The van der Waals surface area contributed by atoms with E-state index in [1.54, 1.807) is 0 Å². The van der Waals surface area contributed by atoms with E-state index in [2.05, 4.69) is 16.0 Å². The normalized spacial score (nSPS) is 15.6. The molecule has 5 atom stereocenters. The third-order valence-electron chi connectivity index (χ3n) is 5.66. The lowest BCUT2D eigenvalue weighted by molar-refractivity contribution is -0.142. The van der Waals surface area contributed by atoms with Crippen molar-refractivity contribution in [1.29, 1.82) is 0 Å². The summed E-state index contributed by atoms with van der Waals surface area (Å²) < 4.78 is 0. The number of aliphatic carboxylic acids is 1. The minimum Gasteiger partial charge on any atom is -0.480 e. The van der Waals surface area contributed by atoms with Crippen LogP contribution >= 0.6 is 11.8 Å². The Labute approximate surface area is 208 Å². The van der Waals surface area contributed by atoms with Gasteiger partial charge in [-0.15, -0.1) is 0 Å². The summed E-state index contributed by atoms with van der Waals surface area (Å²) in [4.78, 5) is 50.2. The molecular formula is C23H45N5O5S. The molecule has 8 N–H and O–H groups in total. The number of rotatable bonds is 18. The van der Waals surface area contributed by atoms with Crippen molar-refractivity contribution in [3.8, 4) is 0 Å². The number of carbonyl (C=O) groups excluding carboxylic acids is 3. The van der Waals surface area contributed by atoms with Gasteiger partial charge in [-0.2, -0.15) is 11.8 Å². The molecular weight excluding hydrogens is 458 g/mol. The molecule has 0 aliphatic heterocycles. The van der Waals surface area contributed by atoms with Gasteiger partial charge in [0.1, 0.15) is 18.1 Å². The largest absolute Gasteiger partial charge is 0.480 e. The molecule has 0 saturated carbocycles. The van der Waals surface area contributed by atoms with Crippen LogP contribution in [0, 0.1) is 11.8 Å². The number of hydrogen-bond donors (Lipinski definition) is 6. The van der Waals surface area contributed by atoms with Crippen molar-refractivity contribution in [1.82, 2.24) is 16.0 Å². The number of nitrogens with two attached hydrogens (primary N) is 2. The van der Waals surface area contributed by atoms with Crippen LogP contribution in [0.1, 0.15) is 66.2 Å². The molecule has 10 nitrogen and oxygen atoms in total. The number of unbranched alkanes of at least 4 members (excludes halogenated alkanes) is 1. The van der Waals surface area contributed by atoms with Crippen molar-refractivity contribution in [3.05, 3.63) is 0 Å². The fourth-order valence-electron chi connectivity index (χ4n) is 3.37. The topological polar surface area (TPSA) is 177 Å². The molecule has 0 aliphatic carbocycles. The van der Waals surface area contributed by atoms with Crippen molar-refractivity contribution in [2.45, 2.75) is 90.4 Å². The van der Waals surface area contributed by atoms with E-state index in [0.29, 0.717) is 44.4 Å². The summed E-state index contributed by atoms with van der Waals surface area (Å²) in [5.74, 6) is -1.98.